The number of carbonyl (C=O) groups excluding carboxylic acids is 1. The molecule has 0 aliphatic carbocycles. The van der Waals surface area contributed by atoms with E-state index in [4.69, 9.17) is 5.73 Å². The molecule has 5 heteroatoms. The first-order chi connectivity index (χ1) is 10.0. The number of benzene rings is 1. The van der Waals surface area contributed by atoms with E-state index < -0.39 is 0 Å². The molecule has 2 atom stereocenters. The van der Waals surface area contributed by atoms with Gasteiger partial charge in [0.25, 0.3) is 0 Å². The number of halogens is 1. The van der Waals surface area contributed by atoms with Crippen LogP contribution in [-0.4, -0.2) is 43.0 Å². The molecular formula is C17H28ClN3O. The average molecular weight is 326 g/mol. The van der Waals surface area contributed by atoms with E-state index in [2.05, 4.69) is 11.8 Å². The van der Waals surface area contributed by atoms with Gasteiger partial charge in [-0.25, -0.2) is 0 Å². The number of amides is 1. The molecule has 1 aliphatic rings. The van der Waals surface area contributed by atoms with Crippen molar-refractivity contribution in [3.8, 4) is 0 Å². The lowest BCUT2D eigenvalue weighted by atomic mass is 9.90. The number of hydrogen-bond acceptors (Lipinski definition) is 3. The topological polar surface area (TPSA) is 49.6 Å². The number of para-hydroxylation sites is 1. The van der Waals surface area contributed by atoms with Crippen LogP contribution in [0.3, 0.4) is 0 Å². The Morgan fingerprint density at radius 3 is 2.55 bits per heavy atom. The van der Waals surface area contributed by atoms with Gasteiger partial charge in [-0.05, 0) is 50.9 Å². The van der Waals surface area contributed by atoms with Crippen molar-refractivity contribution in [1.29, 1.82) is 0 Å². The Morgan fingerprint density at radius 2 is 2.05 bits per heavy atom. The molecular weight excluding hydrogens is 298 g/mol. The Balaban J connectivity index is 0.00000242. The van der Waals surface area contributed by atoms with Crippen LogP contribution in [0.15, 0.2) is 30.3 Å². The summed E-state index contributed by atoms with van der Waals surface area (Å²) in [7, 11) is 0. The first-order valence-electron chi connectivity index (χ1n) is 7.81. The SMILES string of the molecule is CCN(C(=O)C(C)N1CCC(C)(CN)C1)c1ccccc1.Cl. The lowest BCUT2D eigenvalue weighted by Gasteiger charge is -2.31. The van der Waals surface area contributed by atoms with E-state index in [9.17, 15) is 4.79 Å². The third-order valence-electron chi connectivity index (χ3n) is 4.64. The van der Waals surface area contributed by atoms with Gasteiger partial charge in [0.1, 0.15) is 0 Å². The molecule has 2 N–H and O–H groups in total. The molecule has 124 valence electrons. The van der Waals surface area contributed by atoms with Crippen LogP contribution in [0, 0.1) is 5.41 Å². The van der Waals surface area contributed by atoms with Crippen LogP contribution >= 0.6 is 12.4 Å². The highest BCUT2D eigenvalue weighted by molar-refractivity contribution is 5.96. The van der Waals surface area contributed by atoms with Crippen LogP contribution in [0.5, 0.6) is 0 Å². The second-order valence-electron chi connectivity index (χ2n) is 6.33. The molecule has 1 saturated heterocycles. The monoisotopic (exact) mass is 325 g/mol. The molecule has 2 unspecified atom stereocenters. The van der Waals surface area contributed by atoms with Gasteiger partial charge in [0.15, 0.2) is 0 Å². The molecule has 1 aromatic carbocycles. The molecule has 1 aromatic rings. The summed E-state index contributed by atoms with van der Waals surface area (Å²) in [6, 6.07) is 9.79. The van der Waals surface area contributed by atoms with Crippen molar-refractivity contribution in [2.24, 2.45) is 11.1 Å². The highest BCUT2D eigenvalue weighted by Crippen LogP contribution is 2.30. The van der Waals surface area contributed by atoms with Crippen LogP contribution in [0.2, 0.25) is 0 Å². The normalized spacial score (nSPS) is 22.9. The number of hydrogen-bond donors (Lipinski definition) is 1. The van der Waals surface area contributed by atoms with Crippen LogP contribution < -0.4 is 10.6 Å². The van der Waals surface area contributed by atoms with Crippen molar-refractivity contribution in [3.63, 3.8) is 0 Å². The first kappa shape index (κ1) is 18.9. The van der Waals surface area contributed by atoms with E-state index >= 15 is 0 Å². The Morgan fingerprint density at radius 1 is 1.41 bits per heavy atom. The van der Waals surface area contributed by atoms with Crippen molar-refractivity contribution >= 4 is 24.0 Å². The summed E-state index contributed by atoms with van der Waals surface area (Å²) in [6.07, 6.45) is 1.07. The number of likely N-dealkylation sites (tertiary alicyclic amines) is 1. The highest BCUT2D eigenvalue weighted by Gasteiger charge is 2.37. The summed E-state index contributed by atoms with van der Waals surface area (Å²) in [6.45, 7) is 9.46. The Labute approximate surface area is 140 Å². The molecule has 1 aliphatic heterocycles. The summed E-state index contributed by atoms with van der Waals surface area (Å²) in [5, 5.41) is 0. The van der Waals surface area contributed by atoms with E-state index in [0.29, 0.717) is 13.1 Å². The summed E-state index contributed by atoms with van der Waals surface area (Å²) in [5.41, 5.74) is 6.98. The lowest BCUT2D eigenvalue weighted by molar-refractivity contribution is -0.123. The summed E-state index contributed by atoms with van der Waals surface area (Å²) < 4.78 is 0. The molecule has 2 rings (SSSR count). The minimum atomic E-state index is -0.0986. The van der Waals surface area contributed by atoms with Crippen molar-refractivity contribution in [1.82, 2.24) is 4.90 Å². The standard InChI is InChI=1S/C17H27N3O.ClH/c1-4-20(15-8-6-5-7-9-15)16(21)14(2)19-11-10-17(3,12-18)13-19;/h5-9,14H,4,10-13,18H2,1-3H3;1H. The quantitative estimate of drug-likeness (QED) is 0.905. The highest BCUT2D eigenvalue weighted by atomic mass is 35.5. The van der Waals surface area contributed by atoms with E-state index in [-0.39, 0.29) is 29.8 Å². The van der Waals surface area contributed by atoms with Crippen LogP contribution in [0.1, 0.15) is 27.2 Å². The van der Waals surface area contributed by atoms with Gasteiger partial charge in [-0.3, -0.25) is 9.69 Å². The Bertz CT molecular complexity index is 482. The number of likely N-dealkylation sites (N-methyl/N-ethyl adjacent to an activating group) is 1. The van der Waals surface area contributed by atoms with Crippen LogP contribution in [-0.2, 0) is 4.79 Å². The lowest BCUT2D eigenvalue weighted by Crippen LogP contribution is -2.47. The van der Waals surface area contributed by atoms with E-state index in [1.165, 1.54) is 0 Å². The average Bonchev–Trinajstić information content (AvgIpc) is 2.91. The van der Waals surface area contributed by atoms with Gasteiger partial charge < -0.3 is 10.6 Å². The zero-order valence-electron chi connectivity index (χ0n) is 13.8. The number of rotatable bonds is 5. The molecule has 0 spiro atoms. The number of anilines is 1. The molecule has 0 saturated carbocycles. The smallest absolute Gasteiger partial charge is 0.244 e. The van der Waals surface area contributed by atoms with E-state index in [1.54, 1.807) is 0 Å². The minimum absolute atomic E-state index is 0. The van der Waals surface area contributed by atoms with Crippen molar-refractivity contribution in [2.75, 3.05) is 31.1 Å². The molecule has 1 amide bonds. The van der Waals surface area contributed by atoms with Gasteiger partial charge in [0.05, 0.1) is 6.04 Å². The van der Waals surface area contributed by atoms with E-state index in [1.807, 2.05) is 49.1 Å². The maximum atomic E-state index is 12.8. The zero-order valence-corrected chi connectivity index (χ0v) is 14.6. The van der Waals surface area contributed by atoms with Crippen molar-refractivity contribution in [2.45, 2.75) is 33.2 Å². The number of carbonyl (C=O) groups is 1. The predicted octanol–water partition coefficient (Wildman–Crippen LogP) is 2.52. The third-order valence-corrected chi connectivity index (χ3v) is 4.64. The largest absolute Gasteiger partial charge is 0.330 e. The molecule has 0 aromatic heterocycles. The summed E-state index contributed by atoms with van der Waals surface area (Å²) in [4.78, 5) is 16.9. The summed E-state index contributed by atoms with van der Waals surface area (Å²) in [5.74, 6) is 0.171. The van der Waals surface area contributed by atoms with Crippen LogP contribution in [0.4, 0.5) is 5.69 Å². The molecule has 1 fully saturated rings. The second kappa shape index (κ2) is 7.95. The number of nitrogens with zero attached hydrogens (tertiary/aromatic N) is 2. The number of nitrogens with two attached hydrogens (primary N) is 1. The Kier molecular flexibility index (Phi) is 6.85. The predicted molar refractivity (Wildman–Crippen MR) is 94.5 cm³/mol. The fourth-order valence-electron chi connectivity index (χ4n) is 3.01. The molecule has 1 heterocycles. The molecule has 0 radical (unpaired) electrons. The minimum Gasteiger partial charge on any atom is -0.330 e. The fourth-order valence-corrected chi connectivity index (χ4v) is 3.01. The maximum absolute atomic E-state index is 12.8. The van der Waals surface area contributed by atoms with Gasteiger partial charge in [-0.15, -0.1) is 12.4 Å². The molecule has 4 nitrogen and oxygen atoms in total. The van der Waals surface area contributed by atoms with Gasteiger partial charge >= 0.3 is 0 Å². The van der Waals surface area contributed by atoms with Crippen LogP contribution in [0.25, 0.3) is 0 Å². The van der Waals surface area contributed by atoms with Crippen molar-refractivity contribution in [3.05, 3.63) is 30.3 Å². The van der Waals surface area contributed by atoms with Gasteiger partial charge in [0, 0.05) is 18.8 Å². The maximum Gasteiger partial charge on any atom is 0.244 e. The Hall–Kier alpha value is -1.10. The first-order valence-corrected chi connectivity index (χ1v) is 7.81. The zero-order chi connectivity index (χ0) is 15.5. The van der Waals surface area contributed by atoms with Gasteiger partial charge in [-0.2, -0.15) is 0 Å². The van der Waals surface area contributed by atoms with Gasteiger partial charge in [-0.1, -0.05) is 25.1 Å². The van der Waals surface area contributed by atoms with Gasteiger partial charge in [0.2, 0.25) is 5.91 Å². The van der Waals surface area contributed by atoms with Crippen molar-refractivity contribution < 1.29 is 4.79 Å². The third kappa shape index (κ3) is 4.00. The van der Waals surface area contributed by atoms with E-state index in [0.717, 1.165) is 25.2 Å². The second-order valence-corrected chi connectivity index (χ2v) is 6.33. The fraction of sp³-hybridized carbons (Fsp3) is 0.588. The molecule has 0 bridgehead atoms. The summed E-state index contributed by atoms with van der Waals surface area (Å²) >= 11 is 0. The molecule has 22 heavy (non-hydrogen) atoms.